The summed E-state index contributed by atoms with van der Waals surface area (Å²) in [5.74, 6) is -1.28. The summed E-state index contributed by atoms with van der Waals surface area (Å²) in [4.78, 5) is 48.5. The Labute approximate surface area is 245 Å². The Morgan fingerprint density at radius 3 is 1.79 bits per heavy atom. The van der Waals surface area contributed by atoms with Gasteiger partial charge in [-0.05, 0) is 87.7 Å². The fourth-order valence-electron chi connectivity index (χ4n) is 3.45. The average Bonchev–Trinajstić information content (AvgIpc) is 2.95. The average molecular weight is 571 g/mol. The minimum Gasteiger partial charge on any atom is -0.459 e. The minimum absolute atomic E-state index is 0.0812. The molecule has 0 aliphatic heterocycles. The third kappa shape index (κ3) is 8.51. The first-order chi connectivity index (χ1) is 19.8. The summed E-state index contributed by atoms with van der Waals surface area (Å²) in [5.41, 5.74) is 3.14. The van der Waals surface area contributed by atoms with Crippen LogP contribution in [0.3, 0.4) is 0 Å². The molecular formula is C34H34O8. The maximum Gasteiger partial charge on any atom is 0.338 e. The second-order valence-electron chi connectivity index (χ2n) is 10.7. The lowest BCUT2D eigenvalue weighted by atomic mass is 9.96. The van der Waals surface area contributed by atoms with E-state index in [1.165, 1.54) is 6.92 Å². The highest BCUT2D eigenvalue weighted by molar-refractivity contribution is 5.91. The van der Waals surface area contributed by atoms with Crippen LogP contribution in [0.1, 0.15) is 45.0 Å². The molecule has 0 N–H and O–H groups in total. The maximum absolute atomic E-state index is 12.7. The summed E-state index contributed by atoms with van der Waals surface area (Å²) in [6, 6.07) is 19.1. The fourth-order valence-corrected chi connectivity index (χ4v) is 3.45. The molecule has 0 aromatic heterocycles. The predicted molar refractivity (Wildman–Crippen MR) is 159 cm³/mol. The largest absolute Gasteiger partial charge is 0.459 e. The zero-order valence-electron chi connectivity index (χ0n) is 24.4. The molecular weight excluding hydrogens is 536 g/mol. The van der Waals surface area contributed by atoms with E-state index in [0.717, 1.165) is 11.1 Å². The van der Waals surface area contributed by atoms with Gasteiger partial charge in [0.15, 0.2) is 0 Å². The van der Waals surface area contributed by atoms with Gasteiger partial charge in [0.1, 0.15) is 24.7 Å². The van der Waals surface area contributed by atoms with E-state index in [4.69, 9.17) is 18.9 Å². The first kappa shape index (κ1) is 31.5. The molecule has 0 heterocycles. The van der Waals surface area contributed by atoms with Crippen molar-refractivity contribution in [2.45, 2.75) is 34.6 Å². The van der Waals surface area contributed by atoms with Crippen LogP contribution in [0, 0.1) is 5.41 Å². The van der Waals surface area contributed by atoms with Gasteiger partial charge in [-0.1, -0.05) is 43.5 Å². The van der Waals surface area contributed by atoms with Gasteiger partial charge >= 0.3 is 23.9 Å². The van der Waals surface area contributed by atoms with Crippen molar-refractivity contribution in [3.8, 4) is 33.8 Å². The molecule has 0 saturated heterocycles. The Bertz CT molecular complexity index is 1510. The SMILES string of the molecule is C=C(C)C(=O)OCCOC(=O)c1ccc(-c2cc(-c3ccc(OC(=O)C(=C)C)cc3)ccc2OC(=O)C(C)(C)C)cc1. The van der Waals surface area contributed by atoms with E-state index < -0.39 is 29.3 Å². The molecule has 0 saturated carbocycles. The molecule has 0 fully saturated rings. The van der Waals surface area contributed by atoms with Crippen molar-refractivity contribution >= 4 is 23.9 Å². The van der Waals surface area contributed by atoms with E-state index >= 15 is 0 Å². The molecule has 8 heteroatoms. The molecule has 0 bridgehead atoms. The molecule has 0 radical (unpaired) electrons. The highest BCUT2D eigenvalue weighted by Gasteiger charge is 2.25. The molecule has 3 rings (SSSR count). The van der Waals surface area contributed by atoms with E-state index in [9.17, 15) is 19.2 Å². The number of rotatable bonds is 10. The van der Waals surface area contributed by atoms with Crippen molar-refractivity contribution in [1.29, 1.82) is 0 Å². The molecule has 0 spiro atoms. The number of esters is 4. The lowest BCUT2D eigenvalue weighted by Gasteiger charge is -2.19. The van der Waals surface area contributed by atoms with Crippen LogP contribution in [0.15, 0.2) is 91.0 Å². The summed E-state index contributed by atoms with van der Waals surface area (Å²) in [6.07, 6.45) is 0. The van der Waals surface area contributed by atoms with Crippen molar-refractivity contribution in [2.75, 3.05) is 13.2 Å². The monoisotopic (exact) mass is 570 g/mol. The van der Waals surface area contributed by atoms with Crippen LogP contribution in [0.2, 0.25) is 0 Å². The Hall–Kier alpha value is -4.98. The second-order valence-corrected chi connectivity index (χ2v) is 10.7. The molecule has 42 heavy (non-hydrogen) atoms. The number of hydrogen-bond donors (Lipinski definition) is 0. The van der Waals surface area contributed by atoms with Crippen LogP contribution in [0.4, 0.5) is 0 Å². The zero-order valence-corrected chi connectivity index (χ0v) is 24.4. The van der Waals surface area contributed by atoms with Gasteiger partial charge < -0.3 is 18.9 Å². The number of carbonyl (C=O) groups excluding carboxylic acids is 4. The minimum atomic E-state index is -0.723. The summed E-state index contributed by atoms with van der Waals surface area (Å²) < 4.78 is 21.2. The normalized spacial score (nSPS) is 10.8. The van der Waals surface area contributed by atoms with Gasteiger partial charge in [-0.3, -0.25) is 4.79 Å². The quantitative estimate of drug-likeness (QED) is 0.114. The second kappa shape index (κ2) is 13.6. The summed E-state index contributed by atoms with van der Waals surface area (Å²) in [6.45, 7) is 15.3. The van der Waals surface area contributed by atoms with Crippen LogP contribution in [-0.4, -0.2) is 37.1 Å². The fraction of sp³-hybridized carbons (Fsp3) is 0.235. The standard InChI is InChI=1S/C34H34O8/c1-21(2)30(35)39-18-19-40-32(37)25-10-8-24(9-11-25)28-20-26(14-17-29(28)42-33(38)34(5,6)7)23-12-15-27(16-13-23)41-31(36)22(3)4/h8-17,20H,1,3,18-19H2,2,4-7H3. The van der Waals surface area contributed by atoms with Crippen LogP contribution < -0.4 is 9.47 Å². The third-order valence-corrected chi connectivity index (χ3v) is 5.87. The highest BCUT2D eigenvalue weighted by Crippen LogP contribution is 2.36. The molecule has 0 atom stereocenters. The number of carbonyl (C=O) groups is 4. The van der Waals surface area contributed by atoms with Crippen molar-refractivity contribution in [3.05, 3.63) is 96.6 Å². The number of benzene rings is 3. The van der Waals surface area contributed by atoms with Crippen LogP contribution in [0.25, 0.3) is 22.3 Å². The molecule has 218 valence electrons. The first-order valence-corrected chi connectivity index (χ1v) is 13.2. The molecule has 0 unspecified atom stereocenters. The highest BCUT2D eigenvalue weighted by atomic mass is 16.6. The predicted octanol–water partition coefficient (Wildman–Crippen LogP) is 6.73. The molecule has 8 nitrogen and oxygen atoms in total. The Morgan fingerprint density at radius 2 is 1.21 bits per heavy atom. The van der Waals surface area contributed by atoms with E-state index in [-0.39, 0.29) is 18.8 Å². The van der Waals surface area contributed by atoms with Gasteiger partial charge in [-0.25, -0.2) is 14.4 Å². The third-order valence-electron chi connectivity index (χ3n) is 5.87. The lowest BCUT2D eigenvalue weighted by Crippen LogP contribution is -2.25. The smallest absolute Gasteiger partial charge is 0.338 e. The van der Waals surface area contributed by atoms with Gasteiger partial charge in [0, 0.05) is 16.7 Å². The first-order valence-electron chi connectivity index (χ1n) is 13.2. The van der Waals surface area contributed by atoms with E-state index in [1.54, 1.807) is 70.2 Å². The zero-order chi connectivity index (χ0) is 31.0. The van der Waals surface area contributed by atoms with Gasteiger partial charge in [-0.15, -0.1) is 0 Å². The van der Waals surface area contributed by atoms with Gasteiger partial charge in [0.2, 0.25) is 0 Å². The van der Waals surface area contributed by atoms with Crippen molar-refractivity contribution in [2.24, 2.45) is 5.41 Å². The van der Waals surface area contributed by atoms with Crippen LogP contribution >= 0.6 is 0 Å². The van der Waals surface area contributed by atoms with Crippen molar-refractivity contribution in [1.82, 2.24) is 0 Å². The Kier molecular flexibility index (Phi) is 10.2. The van der Waals surface area contributed by atoms with Crippen LogP contribution in [0.5, 0.6) is 11.5 Å². The molecule has 3 aromatic rings. The summed E-state index contributed by atoms with van der Waals surface area (Å²) in [7, 11) is 0. The summed E-state index contributed by atoms with van der Waals surface area (Å²) >= 11 is 0. The molecule has 0 aliphatic carbocycles. The van der Waals surface area contributed by atoms with Crippen LogP contribution in [-0.2, 0) is 23.9 Å². The van der Waals surface area contributed by atoms with E-state index in [1.807, 2.05) is 24.3 Å². The van der Waals surface area contributed by atoms with Gasteiger partial charge in [0.05, 0.1) is 11.0 Å². The van der Waals surface area contributed by atoms with Crippen molar-refractivity contribution < 1.29 is 38.1 Å². The summed E-state index contributed by atoms with van der Waals surface area (Å²) in [5, 5.41) is 0. The van der Waals surface area contributed by atoms with E-state index in [0.29, 0.717) is 33.8 Å². The molecule has 0 aliphatic rings. The van der Waals surface area contributed by atoms with Gasteiger partial charge in [-0.2, -0.15) is 0 Å². The van der Waals surface area contributed by atoms with E-state index in [2.05, 4.69) is 13.2 Å². The number of hydrogen-bond acceptors (Lipinski definition) is 8. The topological polar surface area (TPSA) is 105 Å². The Morgan fingerprint density at radius 1 is 0.667 bits per heavy atom. The molecule has 3 aromatic carbocycles. The number of ether oxygens (including phenoxy) is 4. The lowest BCUT2D eigenvalue weighted by molar-refractivity contribution is -0.143. The Balaban J connectivity index is 1.86. The maximum atomic E-state index is 12.7. The molecule has 0 amide bonds. The van der Waals surface area contributed by atoms with Crippen molar-refractivity contribution in [3.63, 3.8) is 0 Å². The van der Waals surface area contributed by atoms with Gasteiger partial charge in [0.25, 0.3) is 0 Å².